The van der Waals surface area contributed by atoms with E-state index in [0.29, 0.717) is 38.1 Å². The van der Waals surface area contributed by atoms with Gasteiger partial charge in [-0.05, 0) is 39.7 Å². The van der Waals surface area contributed by atoms with E-state index in [-0.39, 0.29) is 24.0 Å². The lowest BCUT2D eigenvalue weighted by Gasteiger charge is -2.19. The van der Waals surface area contributed by atoms with Gasteiger partial charge in [0.1, 0.15) is 5.60 Å². The number of hydrogen-bond acceptors (Lipinski definition) is 5. The first-order valence-electron chi connectivity index (χ1n) is 9.33. The van der Waals surface area contributed by atoms with E-state index < -0.39 is 11.7 Å². The molecule has 0 aliphatic carbocycles. The van der Waals surface area contributed by atoms with Crippen LogP contribution in [0.2, 0.25) is 0 Å². The average molecular weight is 507 g/mol. The van der Waals surface area contributed by atoms with Crippen molar-refractivity contribution in [2.45, 2.75) is 52.7 Å². The molecule has 160 valence electrons. The lowest BCUT2D eigenvalue weighted by atomic mass is 10.2. The average Bonchev–Trinajstić information content (AvgIpc) is 2.61. The molecule has 1 heterocycles. The van der Waals surface area contributed by atoms with Gasteiger partial charge in [-0.3, -0.25) is 4.99 Å². The minimum Gasteiger partial charge on any atom is -0.477 e. The smallest absolute Gasteiger partial charge is 0.407 e. The Morgan fingerprint density at radius 3 is 2.57 bits per heavy atom. The van der Waals surface area contributed by atoms with Crippen molar-refractivity contribution in [3.05, 3.63) is 23.9 Å². The van der Waals surface area contributed by atoms with Crippen molar-refractivity contribution in [3.8, 4) is 5.88 Å². The molecule has 1 amide bonds. The van der Waals surface area contributed by atoms with Crippen LogP contribution in [0, 0.1) is 0 Å². The Bertz CT molecular complexity index is 605. The van der Waals surface area contributed by atoms with Gasteiger partial charge in [0.05, 0.1) is 6.61 Å². The zero-order valence-electron chi connectivity index (χ0n) is 17.5. The summed E-state index contributed by atoms with van der Waals surface area (Å²) in [5.74, 6) is 1.32. The molecule has 0 saturated carbocycles. The van der Waals surface area contributed by atoms with E-state index in [0.717, 1.165) is 18.4 Å². The minimum atomic E-state index is -0.486. The van der Waals surface area contributed by atoms with Crippen molar-refractivity contribution >= 4 is 36.0 Å². The Labute approximate surface area is 185 Å². The Balaban J connectivity index is 0.00000729. The third-order valence-corrected chi connectivity index (χ3v) is 3.28. The first-order valence-corrected chi connectivity index (χ1v) is 9.33. The topological polar surface area (TPSA) is 96.9 Å². The largest absolute Gasteiger partial charge is 0.477 e. The van der Waals surface area contributed by atoms with E-state index >= 15 is 0 Å². The van der Waals surface area contributed by atoms with Crippen LogP contribution in [0.5, 0.6) is 5.88 Å². The molecule has 3 N–H and O–H groups in total. The highest BCUT2D eigenvalue weighted by Crippen LogP contribution is 2.14. The molecule has 0 radical (unpaired) electrons. The number of halogens is 1. The Hall–Kier alpha value is -1.78. The van der Waals surface area contributed by atoms with Crippen LogP contribution in [0.1, 0.15) is 46.1 Å². The molecule has 0 spiro atoms. The number of carbonyl (C=O) groups excluding carboxylic acids is 1. The van der Waals surface area contributed by atoms with Gasteiger partial charge in [-0.25, -0.2) is 9.78 Å². The number of rotatable bonds is 9. The lowest BCUT2D eigenvalue weighted by Crippen LogP contribution is -2.39. The molecule has 0 aliphatic rings. The van der Waals surface area contributed by atoms with E-state index in [2.05, 4.69) is 32.9 Å². The molecule has 1 aromatic heterocycles. The van der Waals surface area contributed by atoms with Crippen LogP contribution in [0.15, 0.2) is 23.3 Å². The molecule has 0 unspecified atom stereocenters. The highest BCUT2D eigenvalue weighted by Gasteiger charge is 2.15. The number of aliphatic imine (C=N–C) groups is 1. The molecule has 0 saturated heterocycles. The number of aromatic nitrogens is 1. The highest BCUT2D eigenvalue weighted by molar-refractivity contribution is 14.0. The molecular weight excluding hydrogens is 473 g/mol. The summed E-state index contributed by atoms with van der Waals surface area (Å²) in [6.45, 7) is 9.97. The summed E-state index contributed by atoms with van der Waals surface area (Å²) < 4.78 is 10.8. The summed E-state index contributed by atoms with van der Waals surface area (Å²) in [5, 5.41) is 9.18. The van der Waals surface area contributed by atoms with Gasteiger partial charge in [0.25, 0.3) is 0 Å². The van der Waals surface area contributed by atoms with Crippen LogP contribution in [0.3, 0.4) is 0 Å². The standard InChI is InChI=1S/C19H33N5O3.HI/c1-6-13-26-16-15(9-7-10-21-16)14-24-17(20-5)22-11-8-12-23-18(25)27-19(2,3)4;/h7,9-10H,6,8,11-14H2,1-5H3,(H,23,25)(H2,20,22,24);1H. The molecule has 1 aromatic rings. The number of carbonyl (C=O) groups is 1. The second-order valence-corrected chi connectivity index (χ2v) is 6.95. The summed E-state index contributed by atoms with van der Waals surface area (Å²) in [4.78, 5) is 20.0. The minimum absolute atomic E-state index is 0. The third kappa shape index (κ3) is 11.8. The summed E-state index contributed by atoms with van der Waals surface area (Å²) in [6.07, 6.45) is 3.00. The molecule has 9 heteroatoms. The number of pyridine rings is 1. The number of nitrogens with zero attached hydrogens (tertiary/aromatic N) is 2. The Morgan fingerprint density at radius 2 is 1.93 bits per heavy atom. The van der Waals surface area contributed by atoms with E-state index in [1.807, 2.05) is 32.9 Å². The van der Waals surface area contributed by atoms with Crippen LogP contribution >= 0.6 is 24.0 Å². The van der Waals surface area contributed by atoms with E-state index in [1.165, 1.54) is 0 Å². The molecule has 0 aliphatic heterocycles. The van der Waals surface area contributed by atoms with Gasteiger partial charge in [-0.2, -0.15) is 0 Å². The van der Waals surface area contributed by atoms with E-state index in [1.54, 1.807) is 13.2 Å². The van der Waals surface area contributed by atoms with Crippen LogP contribution in [0.25, 0.3) is 0 Å². The van der Waals surface area contributed by atoms with Crippen molar-refractivity contribution in [2.24, 2.45) is 4.99 Å². The van der Waals surface area contributed by atoms with Gasteiger partial charge in [0.15, 0.2) is 5.96 Å². The van der Waals surface area contributed by atoms with Crippen LogP contribution in [-0.2, 0) is 11.3 Å². The summed E-state index contributed by atoms with van der Waals surface area (Å²) in [6, 6.07) is 3.86. The van der Waals surface area contributed by atoms with Gasteiger partial charge >= 0.3 is 6.09 Å². The Morgan fingerprint density at radius 1 is 1.21 bits per heavy atom. The number of alkyl carbamates (subject to hydrolysis) is 1. The van der Waals surface area contributed by atoms with Crippen LogP contribution in [-0.4, -0.2) is 49.4 Å². The van der Waals surface area contributed by atoms with Gasteiger partial charge < -0.3 is 25.4 Å². The quantitative estimate of drug-likeness (QED) is 0.206. The third-order valence-electron chi connectivity index (χ3n) is 3.28. The van der Waals surface area contributed by atoms with Gasteiger partial charge in [0, 0.05) is 38.4 Å². The zero-order valence-corrected chi connectivity index (χ0v) is 19.8. The van der Waals surface area contributed by atoms with E-state index in [4.69, 9.17) is 9.47 Å². The monoisotopic (exact) mass is 507 g/mol. The summed E-state index contributed by atoms with van der Waals surface area (Å²) in [7, 11) is 1.71. The maximum atomic E-state index is 11.6. The van der Waals surface area contributed by atoms with Gasteiger partial charge in [-0.1, -0.05) is 13.0 Å². The first kappa shape index (κ1) is 26.2. The predicted molar refractivity (Wildman–Crippen MR) is 122 cm³/mol. The maximum Gasteiger partial charge on any atom is 0.407 e. The number of guanidine groups is 1. The molecule has 0 fully saturated rings. The number of nitrogens with one attached hydrogen (secondary N) is 3. The van der Waals surface area contributed by atoms with Gasteiger partial charge in [-0.15, -0.1) is 24.0 Å². The second-order valence-electron chi connectivity index (χ2n) is 6.95. The molecule has 0 bridgehead atoms. The highest BCUT2D eigenvalue weighted by atomic mass is 127. The fourth-order valence-corrected chi connectivity index (χ4v) is 2.09. The molecule has 0 aromatic carbocycles. The maximum absolute atomic E-state index is 11.6. The first-order chi connectivity index (χ1) is 12.9. The summed E-state index contributed by atoms with van der Waals surface area (Å²) >= 11 is 0. The normalized spacial score (nSPS) is 11.2. The van der Waals surface area contributed by atoms with Crippen LogP contribution < -0.4 is 20.7 Å². The van der Waals surface area contributed by atoms with Crippen LogP contribution in [0.4, 0.5) is 4.79 Å². The number of amides is 1. The lowest BCUT2D eigenvalue weighted by molar-refractivity contribution is 0.0527. The number of ether oxygens (including phenoxy) is 2. The SMILES string of the molecule is CCCOc1ncccc1CNC(=NC)NCCCNC(=O)OC(C)(C)C.I. The second kappa shape index (κ2) is 14.3. The molecule has 8 nitrogen and oxygen atoms in total. The fraction of sp³-hybridized carbons (Fsp3) is 0.632. The van der Waals surface area contributed by atoms with Gasteiger partial charge in [0.2, 0.25) is 5.88 Å². The van der Waals surface area contributed by atoms with Crippen molar-refractivity contribution in [1.29, 1.82) is 0 Å². The zero-order chi connectivity index (χ0) is 20.1. The molecule has 28 heavy (non-hydrogen) atoms. The van der Waals surface area contributed by atoms with E-state index in [9.17, 15) is 4.79 Å². The Kier molecular flexibility index (Phi) is 13.3. The number of hydrogen-bond donors (Lipinski definition) is 3. The molecular formula is C19H34IN5O3. The van der Waals surface area contributed by atoms with Crippen molar-refractivity contribution in [3.63, 3.8) is 0 Å². The van der Waals surface area contributed by atoms with Crippen molar-refractivity contribution < 1.29 is 14.3 Å². The van der Waals surface area contributed by atoms with Crippen molar-refractivity contribution in [1.82, 2.24) is 20.9 Å². The molecule has 1 rings (SSSR count). The molecule has 0 atom stereocenters. The van der Waals surface area contributed by atoms with Crippen molar-refractivity contribution in [2.75, 3.05) is 26.7 Å². The summed E-state index contributed by atoms with van der Waals surface area (Å²) in [5.41, 5.74) is 0.487. The fourth-order valence-electron chi connectivity index (χ4n) is 2.09. The predicted octanol–water partition coefficient (Wildman–Crippen LogP) is 3.07.